The van der Waals surface area contributed by atoms with Crippen LogP contribution in [0.15, 0.2) is 24.4 Å². The fourth-order valence-electron chi connectivity index (χ4n) is 3.45. The highest BCUT2D eigenvalue weighted by atomic mass is 19.1. The molecule has 9 nitrogen and oxygen atoms in total. The number of fused-ring (bicyclic) bond motifs is 1. The Hall–Kier alpha value is -3.09. The molecule has 174 valence electrons. The molecule has 2 heterocycles. The van der Waals surface area contributed by atoms with Crippen LogP contribution in [0.2, 0.25) is 0 Å². The summed E-state index contributed by atoms with van der Waals surface area (Å²) in [6.45, 7) is 4.23. The van der Waals surface area contributed by atoms with E-state index in [1.54, 1.807) is 20.0 Å². The largest absolute Gasteiger partial charge is 0.470 e. The minimum Gasteiger partial charge on any atom is -0.470 e. The molecular weight excluding hydrogens is 435 g/mol. The van der Waals surface area contributed by atoms with Crippen LogP contribution in [0.25, 0.3) is 5.65 Å². The van der Waals surface area contributed by atoms with Crippen molar-refractivity contribution in [3.05, 3.63) is 58.7 Å². The zero-order valence-electron chi connectivity index (χ0n) is 18.4. The van der Waals surface area contributed by atoms with E-state index >= 15 is 0 Å². The Labute approximate surface area is 190 Å². The predicted octanol–water partition coefficient (Wildman–Crippen LogP) is 0.848. The van der Waals surface area contributed by atoms with E-state index in [-0.39, 0.29) is 35.8 Å². The number of carbonyl (C=O) groups excluding carboxylic acids is 1. The molecule has 2 radical (unpaired) electrons. The summed E-state index contributed by atoms with van der Waals surface area (Å²) in [7, 11) is 5.18. The molecule has 1 atom stereocenters. The van der Waals surface area contributed by atoms with Gasteiger partial charge in [-0.25, -0.2) is 18.7 Å². The van der Waals surface area contributed by atoms with Crippen molar-refractivity contribution in [2.24, 2.45) is 5.73 Å². The number of carbonyl (C=O) groups is 1. The fraction of sp³-hybridized carbons (Fsp3) is 0.381. The number of hydrogen-bond acceptors (Lipinski definition) is 7. The van der Waals surface area contributed by atoms with Crippen molar-refractivity contribution in [2.75, 3.05) is 6.54 Å². The second kappa shape index (κ2) is 9.04. The van der Waals surface area contributed by atoms with E-state index in [9.17, 15) is 23.8 Å². The van der Waals surface area contributed by atoms with Crippen LogP contribution in [0.5, 0.6) is 5.88 Å². The maximum atomic E-state index is 13.9. The maximum absolute atomic E-state index is 13.9. The molecule has 5 N–H and O–H groups in total. The Bertz CT molecular complexity index is 1170. The third-order valence-corrected chi connectivity index (χ3v) is 4.82. The maximum Gasteiger partial charge on any atom is 0.270 e. The second-order valence-electron chi connectivity index (χ2n) is 8.31. The molecule has 0 aliphatic rings. The third-order valence-electron chi connectivity index (χ3n) is 4.82. The summed E-state index contributed by atoms with van der Waals surface area (Å²) >= 11 is 0. The molecular formula is C21H24BF2N5O4. The first-order valence-electron chi connectivity index (χ1n) is 10.00. The average molecular weight is 459 g/mol. The number of nitrogens with two attached hydrogens (primary N) is 1. The zero-order chi connectivity index (χ0) is 24.6. The van der Waals surface area contributed by atoms with Gasteiger partial charge < -0.3 is 26.0 Å². The zero-order valence-corrected chi connectivity index (χ0v) is 18.4. The van der Waals surface area contributed by atoms with E-state index < -0.39 is 35.4 Å². The van der Waals surface area contributed by atoms with Gasteiger partial charge >= 0.3 is 0 Å². The van der Waals surface area contributed by atoms with Crippen molar-refractivity contribution >= 4 is 19.4 Å². The summed E-state index contributed by atoms with van der Waals surface area (Å²) < 4.78 is 34.9. The van der Waals surface area contributed by atoms with Gasteiger partial charge in [-0.15, -0.1) is 0 Å². The predicted molar refractivity (Wildman–Crippen MR) is 116 cm³/mol. The number of aryl methyl sites for hydroxylation is 2. The lowest BCUT2D eigenvalue weighted by molar-refractivity contribution is -0.101. The van der Waals surface area contributed by atoms with Crippen molar-refractivity contribution in [1.82, 2.24) is 19.7 Å². The first kappa shape index (κ1) is 24.6. The lowest BCUT2D eigenvalue weighted by Crippen LogP contribution is -2.53. The van der Waals surface area contributed by atoms with Crippen molar-refractivity contribution in [2.45, 2.75) is 45.0 Å². The molecule has 0 saturated carbocycles. The lowest BCUT2D eigenvalue weighted by atomic mass is 9.82. The number of ether oxygens (including phenoxy) is 1. The summed E-state index contributed by atoms with van der Waals surface area (Å²) in [6, 6.07) is 3.49. The van der Waals surface area contributed by atoms with Crippen LogP contribution in [-0.4, -0.2) is 56.1 Å². The van der Waals surface area contributed by atoms with E-state index in [0.29, 0.717) is 11.4 Å². The molecule has 0 spiro atoms. The Balaban J connectivity index is 1.87. The molecule has 0 aliphatic heterocycles. The standard InChI is InChI=1S/C21H24BF2N5O4/c1-11-7-29-16(18(30)26-10-20(3,25)9-21(22,31)32)12(2)28-17(29)19(27-11)33-8-13-14(23)5-4-6-15(13)24/h4-7,31-32H,8-10,25H2,1-3H3,(H,26,30). The number of aromatic nitrogens is 3. The third kappa shape index (κ3) is 5.83. The minimum absolute atomic E-state index is 0.00283. The van der Waals surface area contributed by atoms with Crippen molar-refractivity contribution in [3.8, 4) is 5.88 Å². The van der Waals surface area contributed by atoms with Gasteiger partial charge in [0, 0.05) is 24.7 Å². The topological polar surface area (TPSA) is 135 Å². The second-order valence-corrected chi connectivity index (χ2v) is 8.31. The van der Waals surface area contributed by atoms with Crippen LogP contribution in [-0.2, 0) is 6.61 Å². The van der Waals surface area contributed by atoms with Crippen molar-refractivity contribution in [1.29, 1.82) is 0 Å². The first-order chi connectivity index (χ1) is 15.3. The smallest absolute Gasteiger partial charge is 0.270 e. The summed E-state index contributed by atoms with van der Waals surface area (Å²) in [5, 5.41) is 21.4. The van der Waals surface area contributed by atoms with Gasteiger partial charge in [-0.05, 0) is 32.9 Å². The molecule has 12 heteroatoms. The van der Waals surface area contributed by atoms with Gasteiger partial charge in [0.1, 0.15) is 29.6 Å². The van der Waals surface area contributed by atoms with Crippen LogP contribution in [0.4, 0.5) is 8.78 Å². The van der Waals surface area contributed by atoms with Gasteiger partial charge in [0.05, 0.1) is 17.0 Å². The summed E-state index contributed by atoms with van der Waals surface area (Å²) in [4.78, 5) is 21.5. The first-order valence-corrected chi connectivity index (χ1v) is 10.00. The van der Waals surface area contributed by atoms with Crippen LogP contribution in [0.3, 0.4) is 0 Å². The molecule has 1 unspecified atom stereocenters. The highest BCUT2D eigenvalue weighted by Gasteiger charge is 2.30. The van der Waals surface area contributed by atoms with Crippen LogP contribution >= 0.6 is 0 Å². The van der Waals surface area contributed by atoms with Crippen LogP contribution in [0, 0.1) is 25.5 Å². The number of hydrogen-bond donors (Lipinski definition) is 4. The molecule has 0 aliphatic carbocycles. The molecule has 0 fully saturated rings. The Morgan fingerprint density at radius 3 is 2.52 bits per heavy atom. The van der Waals surface area contributed by atoms with Gasteiger partial charge in [-0.3, -0.25) is 9.20 Å². The fourth-order valence-corrected chi connectivity index (χ4v) is 3.45. The van der Waals surface area contributed by atoms with E-state index in [0.717, 1.165) is 12.1 Å². The quantitative estimate of drug-likeness (QED) is 0.290. The summed E-state index contributed by atoms with van der Waals surface area (Å²) in [5.74, 6) is -2.05. The van der Waals surface area contributed by atoms with Crippen LogP contribution < -0.4 is 15.8 Å². The molecule has 1 amide bonds. The molecule has 0 saturated heterocycles. The lowest BCUT2D eigenvalue weighted by Gasteiger charge is -2.30. The van der Waals surface area contributed by atoms with E-state index in [1.165, 1.54) is 17.4 Å². The number of imidazole rings is 1. The minimum atomic E-state index is -2.49. The highest BCUT2D eigenvalue weighted by molar-refractivity contribution is 6.12. The summed E-state index contributed by atoms with van der Waals surface area (Å²) in [5.41, 5.74) is 3.20. The monoisotopic (exact) mass is 459 g/mol. The van der Waals surface area contributed by atoms with E-state index in [4.69, 9.17) is 18.3 Å². The highest BCUT2D eigenvalue weighted by Crippen LogP contribution is 2.23. The Morgan fingerprint density at radius 1 is 1.27 bits per heavy atom. The number of rotatable bonds is 8. The Morgan fingerprint density at radius 2 is 1.91 bits per heavy atom. The average Bonchev–Trinajstić information content (AvgIpc) is 2.99. The van der Waals surface area contributed by atoms with Gasteiger partial charge in [-0.2, -0.15) is 0 Å². The number of nitrogens with zero attached hydrogens (tertiary/aromatic N) is 3. The van der Waals surface area contributed by atoms with Gasteiger partial charge in [0.2, 0.25) is 5.65 Å². The number of aliphatic hydroxyl groups is 2. The van der Waals surface area contributed by atoms with Gasteiger partial charge in [0.25, 0.3) is 11.8 Å². The molecule has 3 rings (SSSR count). The van der Waals surface area contributed by atoms with Crippen molar-refractivity contribution < 1.29 is 28.5 Å². The molecule has 3 aromatic rings. The van der Waals surface area contributed by atoms with Gasteiger partial charge in [0.15, 0.2) is 7.85 Å². The van der Waals surface area contributed by atoms with E-state index in [1.807, 2.05) is 0 Å². The van der Waals surface area contributed by atoms with Crippen molar-refractivity contribution in [3.63, 3.8) is 0 Å². The normalized spacial score (nSPS) is 13.7. The number of amides is 1. The molecule has 1 aromatic carbocycles. The number of benzene rings is 1. The van der Waals surface area contributed by atoms with Gasteiger partial charge in [-0.1, -0.05) is 6.07 Å². The van der Waals surface area contributed by atoms with Crippen LogP contribution in [0.1, 0.15) is 40.8 Å². The summed E-state index contributed by atoms with van der Waals surface area (Å²) in [6.07, 6.45) is 1.18. The Kier molecular flexibility index (Phi) is 6.73. The number of nitrogens with one attached hydrogen (secondary N) is 1. The molecule has 33 heavy (non-hydrogen) atoms. The van der Waals surface area contributed by atoms with E-state index in [2.05, 4.69) is 15.3 Å². The molecule has 2 aromatic heterocycles. The number of halogens is 2. The SMILES string of the molecule is [B]C(O)(O)CC(C)(N)CNC(=O)c1c(C)nc2c(OCc3c(F)cccc3F)nc(C)cn12. The molecule has 0 bridgehead atoms.